The van der Waals surface area contributed by atoms with E-state index in [1.54, 1.807) is 35.1 Å². The van der Waals surface area contributed by atoms with Crippen LogP contribution in [-0.2, 0) is 0 Å². The Morgan fingerprint density at radius 2 is 1.59 bits per heavy atom. The van der Waals surface area contributed by atoms with Gasteiger partial charge in [0.1, 0.15) is 0 Å². The van der Waals surface area contributed by atoms with E-state index in [0.717, 1.165) is 16.8 Å². The lowest BCUT2D eigenvalue weighted by Crippen LogP contribution is -2.26. The lowest BCUT2D eigenvalue weighted by Gasteiger charge is -2.16. The quantitative estimate of drug-likeness (QED) is 0.461. The molecule has 3 aromatic carbocycles. The maximum atomic E-state index is 12.7. The van der Waals surface area contributed by atoms with Crippen molar-refractivity contribution in [3.63, 3.8) is 0 Å². The number of hydrogen-bond acceptors (Lipinski definition) is 3. The van der Waals surface area contributed by atoms with Crippen LogP contribution in [0.4, 0.5) is 5.69 Å². The van der Waals surface area contributed by atoms with Gasteiger partial charge in [-0.15, -0.1) is 0 Å². The van der Waals surface area contributed by atoms with Crippen LogP contribution in [0.25, 0.3) is 5.69 Å². The van der Waals surface area contributed by atoms with E-state index >= 15 is 0 Å². The predicted molar refractivity (Wildman–Crippen MR) is 125 cm³/mol. The summed E-state index contributed by atoms with van der Waals surface area (Å²) in [7, 11) is 0. The highest BCUT2D eigenvalue weighted by Gasteiger charge is 2.13. The largest absolute Gasteiger partial charge is 0.346 e. The second-order valence-electron chi connectivity index (χ2n) is 7.65. The van der Waals surface area contributed by atoms with Gasteiger partial charge in [0.25, 0.3) is 11.8 Å². The molecule has 0 fully saturated rings. The van der Waals surface area contributed by atoms with Gasteiger partial charge >= 0.3 is 0 Å². The highest BCUT2D eigenvalue weighted by Crippen LogP contribution is 2.19. The summed E-state index contributed by atoms with van der Waals surface area (Å²) in [6.07, 6.45) is 3.72. The zero-order chi connectivity index (χ0) is 22.5. The summed E-state index contributed by atoms with van der Waals surface area (Å²) >= 11 is 0. The third-order valence-corrected chi connectivity index (χ3v) is 5.13. The fourth-order valence-electron chi connectivity index (χ4n) is 3.36. The number of benzene rings is 3. The van der Waals surface area contributed by atoms with Gasteiger partial charge in [-0.3, -0.25) is 9.59 Å². The summed E-state index contributed by atoms with van der Waals surface area (Å²) in [4.78, 5) is 25.1. The highest BCUT2D eigenvalue weighted by atomic mass is 16.2. The molecule has 0 aliphatic heterocycles. The van der Waals surface area contributed by atoms with Gasteiger partial charge in [0.05, 0.1) is 17.9 Å². The Kier molecular flexibility index (Phi) is 6.12. The van der Waals surface area contributed by atoms with E-state index in [1.165, 1.54) is 0 Å². The van der Waals surface area contributed by atoms with Gasteiger partial charge < -0.3 is 10.6 Å². The van der Waals surface area contributed by atoms with Crippen LogP contribution in [0.3, 0.4) is 0 Å². The zero-order valence-electron chi connectivity index (χ0n) is 17.9. The molecule has 2 N–H and O–H groups in total. The van der Waals surface area contributed by atoms with Crippen molar-refractivity contribution in [3.8, 4) is 5.69 Å². The van der Waals surface area contributed by atoms with Crippen LogP contribution in [0.5, 0.6) is 0 Å². The Hall–Kier alpha value is -4.19. The third-order valence-electron chi connectivity index (χ3n) is 5.13. The molecule has 4 rings (SSSR count). The second kappa shape index (κ2) is 9.31. The van der Waals surface area contributed by atoms with Crippen LogP contribution in [0.15, 0.2) is 91.3 Å². The smallest absolute Gasteiger partial charge is 0.255 e. The molecule has 6 heteroatoms. The predicted octanol–water partition coefficient (Wildman–Crippen LogP) is 4.92. The number of carbonyl (C=O) groups is 2. The number of nitrogens with one attached hydrogen (secondary N) is 2. The van der Waals surface area contributed by atoms with Gasteiger partial charge in [-0.25, -0.2) is 4.68 Å². The standard InChI is InChI=1S/C26H24N4O2/c1-18-16-27-30(17-18)24-13-11-21(12-14-24)25(31)28-19(2)22-9-6-10-23(15-22)29-26(32)20-7-4-3-5-8-20/h3-17,19H,1-2H3,(H,28,31)(H,29,32). The zero-order valence-corrected chi connectivity index (χ0v) is 17.9. The van der Waals surface area contributed by atoms with Crippen molar-refractivity contribution in [1.29, 1.82) is 0 Å². The summed E-state index contributed by atoms with van der Waals surface area (Å²) < 4.78 is 1.77. The van der Waals surface area contributed by atoms with Crippen LogP contribution in [-0.4, -0.2) is 21.6 Å². The maximum absolute atomic E-state index is 12.7. The van der Waals surface area contributed by atoms with Crippen molar-refractivity contribution < 1.29 is 9.59 Å². The van der Waals surface area contributed by atoms with Crippen molar-refractivity contribution in [1.82, 2.24) is 15.1 Å². The molecule has 0 spiro atoms. The first-order valence-electron chi connectivity index (χ1n) is 10.4. The molecule has 160 valence electrons. The Morgan fingerprint density at radius 1 is 0.875 bits per heavy atom. The molecule has 32 heavy (non-hydrogen) atoms. The van der Waals surface area contributed by atoms with Crippen LogP contribution in [0, 0.1) is 6.92 Å². The lowest BCUT2D eigenvalue weighted by atomic mass is 10.1. The Bertz CT molecular complexity index is 1230. The Labute approximate surface area is 186 Å². The molecule has 0 aliphatic rings. The number of amides is 2. The molecular weight excluding hydrogens is 400 g/mol. The number of hydrogen-bond donors (Lipinski definition) is 2. The second-order valence-corrected chi connectivity index (χ2v) is 7.65. The van der Waals surface area contributed by atoms with Crippen molar-refractivity contribution in [2.75, 3.05) is 5.32 Å². The molecule has 0 saturated carbocycles. The molecule has 1 heterocycles. The average molecular weight is 425 g/mol. The van der Waals surface area contributed by atoms with Gasteiger partial charge in [-0.2, -0.15) is 5.10 Å². The molecule has 6 nitrogen and oxygen atoms in total. The van der Waals surface area contributed by atoms with E-state index in [2.05, 4.69) is 15.7 Å². The van der Waals surface area contributed by atoms with Gasteiger partial charge in [-0.1, -0.05) is 30.3 Å². The lowest BCUT2D eigenvalue weighted by molar-refractivity contribution is 0.0939. The van der Waals surface area contributed by atoms with E-state index in [1.807, 2.05) is 74.6 Å². The number of rotatable bonds is 6. The van der Waals surface area contributed by atoms with Crippen molar-refractivity contribution >= 4 is 17.5 Å². The molecule has 1 aromatic heterocycles. The van der Waals surface area contributed by atoms with Crippen molar-refractivity contribution in [2.45, 2.75) is 19.9 Å². The Morgan fingerprint density at radius 3 is 2.28 bits per heavy atom. The van der Waals surface area contributed by atoms with E-state index in [9.17, 15) is 9.59 Å². The van der Waals surface area contributed by atoms with Gasteiger partial charge in [0, 0.05) is 23.0 Å². The molecule has 0 saturated heterocycles. The minimum atomic E-state index is -0.232. The number of nitrogens with zero attached hydrogens (tertiary/aromatic N) is 2. The molecule has 2 amide bonds. The van der Waals surface area contributed by atoms with Crippen molar-refractivity contribution in [3.05, 3.63) is 114 Å². The monoisotopic (exact) mass is 424 g/mol. The molecule has 0 radical (unpaired) electrons. The fourth-order valence-corrected chi connectivity index (χ4v) is 3.36. The molecule has 4 aromatic rings. The highest BCUT2D eigenvalue weighted by molar-refractivity contribution is 6.04. The van der Waals surface area contributed by atoms with Gasteiger partial charge in [0.15, 0.2) is 0 Å². The van der Waals surface area contributed by atoms with E-state index in [-0.39, 0.29) is 17.9 Å². The minimum Gasteiger partial charge on any atom is -0.346 e. The van der Waals surface area contributed by atoms with Crippen LogP contribution >= 0.6 is 0 Å². The van der Waals surface area contributed by atoms with Gasteiger partial charge in [-0.05, 0) is 73.5 Å². The third kappa shape index (κ3) is 4.92. The molecular formula is C26H24N4O2. The van der Waals surface area contributed by atoms with Crippen molar-refractivity contribution in [2.24, 2.45) is 0 Å². The molecule has 1 atom stereocenters. The van der Waals surface area contributed by atoms with E-state index in [4.69, 9.17) is 0 Å². The van der Waals surface area contributed by atoms with Crippen LogP contribution in [0.1, 0.15) is 44.8 Å². The first-order chi connectivity index (χ1) is 15.5. The number of carbonyl (C=O) groups excluding carboxylic acids is 2. The summed E-state index contributed by atoms with van der Waals surface area (Å²) in [5.74, 6) is -0.341. The number of anilines is 1. The average Bonchev–Trinajstić information content (AvgIpc) is 3.26. The molecule has 1 unspecified atom stereocenters. The topological polar surface area (TPSA) is 76.0 Å². The summed E-state index contributed by atoms with van der Waals surface area (Å²) in [5.41, 5.74) is 4.70. The number of aromatic nitrogens is 2. The molecule has 0 bridgehead atoms. The Balaban J connectivity index is 1.41. The van der Waals surface area contributed by atoms with Crippen LogP contribution in [0.2, 0.25) is 0 Å². The van der Waals surface area contributed by atoms with Gasteiger partial charge in [0.2, 0.25) is 0 Å². The minimum absolute atomic E-state index is 0.167. The summed E-state index contributed by atoms with van der Waals surface area (Å²) in [6.45, 7) is 3.89. The first kappa shape index (κ1) is 21.1. The number of aryl methyl sites for hydroxylation is 1. The maximum Gasteiger partial charge on any atom is 0.255 e. The van der Waals surface area contributed by atoms with E-state index in [0.29, 0.717) is 16.8 Å². The summed E-state index contributed by atoms with van der Waals surface area (Å²) in [5, 5.41) is 10.2. The normalized spacial score (nSPS) is 11.6. The summed E-state index contributed by atoms with van der Waals surface area (Å²) in [6, 6.07) is 23.6. The molecule has 0 aliphatic carbocycles. The SMILES string of the molecule is Cc1cnn(-c2ccc(C(=O)NC(C)c3cccc(NC(=O)c4ccccc4)c3)cc2)c1. The first-order valence-corrected chi connectivity index (χ1v) is 10.4. The van der Waals surface area contributed by atoms with Crippen LogP contribution < -0.4 is 10.6 Å². The van der Waals surface area contributed by atoms with E-state index < -0.39 is 0 Å². The fraction of sp³-hybridized carbons (Fsp3) is 0.115.